The van der Waals surface area contributed by atoms with Crippen molar-refractivity contribution >= 4 is 45.7 Å². The summed E-state index contributed by atoms with van der Waals surface area (Å²) in [5.74, 6) is 0.614. The fourth-order valence-corrected chi connectivity index (χ4v) is 2.88. The van der Waals surface area contributed by atoms with E-state index in [0.29, 0.717) is 17.3 Å². The van der Waals surface area contributed by atoms with E-state index in [4.69, 9.17) is 27.9 Å². The van der Waals surface area contributed by atoms with Gasteiger partial charge < -0.3 is 15.0 Å². The first-order valence-electron chi connectivity index (χ1n) is 7.93. The third-order valence-electron chi connectivity index (χ3n) is 3.79. The van der Waals surface area contributed by atoms with Crippen molar-refractivity contribution in [1.29, 1.82) is 0 Å². The summed E-state index contributed by atoms with van der Waals surface area (Å²) in [6.07, 6.45) is 3.33. The Morgan fingerprint density at radius 1 is 1.07 bits per heavy atom. The second-order valence-electron chi connectivity index (χ2n) is 5.60. The highest BCUT2D eigenvalue weighted by molar-refractivity contribution is 6.35. The molecule has 2 N–H and O–H groups in total. The van der Waals surface area contributed by atoms with Gasteiger partial charge in [0, 0.05) is 23.2 Å². The minimum Gasteiger partial charge on any atom is -0.438 e. The number of aromatic nitrogens is 3. The number of H-pyrrole nitrogens is 1. The molecule has 8 heteroatoms. The molecule has 3 heterocycles. The summed E-state index contributed by atoms with van der Waals surface area (Å²) in [5.41, 5.74) is 1.50. The number of amides is 1. The number of hydrogen-bond donors (Lipinski definition) is 2. The van der Waals surface area contributed by atoms with Crippen LogP contribution in [-0.4, -0.2) is 20.9 Å². The quantitative estimate of drug-likeness (QED) is 0.456. The van der Waals surface area contributed by atoms with E-state index >= 15 is 0 Å². The Morgan fingerprint density at radius 2 is 1.96 bits per heavy atom. The molecule has 0 bridgehead atoms. The SMILES string of the molecule is O=C(Nc1ccc(Oc2cccc3[nH]ccc23)nc1)c1nc(Cl)ccc1Cl. The first-order valence-corrected chi connectivity index (χ1v) is 8.69. The van der Waals surface area contributed by atoms with Crippen LogP contribution in [0.1, 0.15) is 10.5 Å². The van der Waals surface area contributed by atoms with Gasteiger partial charge in [-0.2, -0.15) is 0 Å². The molecule has 4 aromatic rings. The molecule has 0 saturated heterocycles. The summed E-state index contributed by atoms with van der Waals surface area (Å²) in [5, 5.41) is 4.03. The Labute approximate surface area is 164 Å². The maximum Gasteiger partial charge on any atom is 0.275 e. The molecule has 0 radical (unpaired) electrons. The lowest BCUT2D eigenvalue weighted by molar-refractivity contribution is 0.102. The van der Waals surface area contributed by atoms with E-state index in [9.17, 15) is 4.79 Å². The number of nitrogens with one attached hydrogen (secondary N) is 2. The molecule has 1 amide bonds. The van der Waals surface area contributed by atoms with Crippen molar-refractivity contribution in [2.75, 3.05) is 5.32 Å². The van der Waals surface area contributed by atoms with Gasteiger partial charge in [0.1, 0.15) is 16.6 Å². The van der Waals surface area contributed by atoms with Gasteiger partial charge >= 0.3 is 0 Å². The largest absolute Gasteiger partial charge is 0.438 e. The van der Waals surface area contributed by atoms with E-state index < -0.39 is 5.91 Å². The summed E-state index contributed by atoms with van der Waals surface area (Å²) >= 11 is 11.8. The summed E-state index contributed by atoms with van der Waals surface area (Å²) < 4.78 is 5.83. The Balaban J connectivity index is 1.50. The summed E-state index contributed by atoms with van der Waals surface area (Å²) in [4.78, 5) is 23.6. The highest BCUT2D eigenvalue weighted by atomic mass is 35.5. The van der Waals surface area contributed by atoms with Crippen molar-refractivity contribution in [1.82, 2.24) is 15.0 Å². The molecule has 4 rings (SSSR count). The fourth-order valence-electron chi connectivity index (χ4n) is 2.54. The van der Waals surface area contributed by atoms with Gasteiger partial charge in [-0.3, -0.25) is 4.79 Å². The number of ether oxygens (including phenoxy) is 1. The van der Waals surface area contributed by atoms with Gasteiger partial charge in [0.15, 0.2) is 0 Å². The van der Waals surface area contributed by atoms with Gasteiger partial charge in [-0.25, -0.2) is 9.97 Å². The minimum atomic E-state index is -0.477. The molecule has 0 unspecified atom stereocenters. The summed E-state index contributed by atoms with van der Waals surface area (Å²) in [7, 11) is 0. The van der Waals surface area contributed by atoms with Crippen LogP contribution in [0, 0.1) is 0 Å². The predicted octanol–water partition coefficient (Wildman–Crippen LogP) is 5.31. The molecule has 0 fully saturated rings. The third-order valence-corrected chi connectivity index (χ3v) is 4.31. The Hall–Kier alpha value is -3.09. The maximum atomic E-state index is 12.3. The van der Waals surface area contributed by atoms with Gasteiger partial charge in [-0.1, -0.05) is 29.3 Å². The zero-order valence-electron chi connectivity index (χ0n) is 13.7. The highest BCUT2D eigenvalue weighted by Gasteiger charge is 2.13. The van der Waals surface area contributed by atoms with Crippen LogP contribution in [0.15, 0.2) is 60.9 Å². The number of pyridine rings is 2. The number of fused-ring (bicyclic) bond motifs is 1. The lowest BCUT2D eigenvalue weighted by atomic mass is 10.2. The molecule has 0 aliphatic rings. The van der Waals surface area contributed by atoms with Crippen LogP contribution < -0.4 is 10.1 Å². The number of carbonyl (C=O) groups is 1. The molecule has 0 atom stereocenters. The van der Waals surface area contributed by atoms with E-state index in [2.05, 4.69) is 20.3 Å². The van der Waals surface area contributed by atoms with Crippen LogP contribution >= 0.6 is 23.2 Å². The van der Waals surface area contributed by atoms with Crippen molar-refractivity contribution in [3.8, 4) is 11.6 Å². The molecule has 1 aromatic carbocycles. The molecular formula is C19H12Cl2N4O2. The average Bonchev–Trinajstić information content (AvgIpc) is 3.15. The lowest BCUT2D eigenvalue weighted by Crippen LogP contribution is -2.14. The first-order chi connectivity index (χ1) is 13.1. The Morgan fingerprint density at radius 3 is 2.78 bits per heavy atom. The third kappa shape index (κ3) is 3.72. The standard InChI is InChI=1S/C19H12Cl2N4O2/c20-13-5-6-16(21)25-18(13)19(26)24-11-4-7-17(23-10-11)27-15-3-1-2-14-12(15)8-9-22-14/h1-10,22H,(H,24,26). The molecule has 134 valence electrons. The maximum absolute atomic E-state index is 12.3. The van der Waals surface area contributed by atoms with Crippen molar-refractivity contribution < 1.29 is 9.53 Å². The van der Waals surface area contributed by atoms with E-state index in [1.165, 1.54) is 18.3 Å². The summed E-state index contributed by atoms with van der Waals surface area (Å²) in [6.45, 7) is 0. The Kier molecular flexibility index (Phi) is 4.66. The average molecular weight is 399 g/mol. The first kappa shape index (κ1) is 17.3. The number of halogens is 2. The van der Waals surface area contributed by atoms with Crippen LogP contribution in [0.5, 0.6) is 11.6 Å². The van der Waals surface area contributed by atoms with Gasteiger partial charge in [-0.15, -0.1) is 0 Å². The van der Waals surface area contributed by atoms with Crippen LogP contribution in [0.4, 0.5) is 5.69 Å². The molecule has 6 nitrogen and oxygen atoms in total. The van der Waals surface area contributed by atoms with Gasteiger partial charge in [-0.05, 0) is 36.4 Å². The zero-order valence-corrected chi connectivity index (χ0v) is 15.3. The van der Waals surface area contributed by atoms with Crippen molar-refractivity contribution in [3.05, 3.63) is 76.8 Å². The number of benzene rings is 1. The van der Waals surface area contributed by atoms with E-state index in [-0.39, 0.29) is 15.9 Å². The number of anilines is 1. The van der Waals surface area contributed by atoms with Crippen molar-refractivity contribution in [2.45, 2.75) is 0 Å². The fraction of sp³-hybridized carbons (Fsp3) is 0. The summed E-state index contributed by atoms with van der Waals surface area (Å²) in [6, 6.07) is 14.0. The van der Waals surface area contributed by atoms with Gasteiger partial charge in [0.05, 0.1) is 16.9 Å². The lowest BCUT2D eigenvalue weighted by Gasteiger charge is -2.08. The normalized spacial score (nSPS) is 10.7. The second kappa shape index (κ2) is 7.26. The second-order valence-corrected chi connectivity index (χ2v) is 6.40. The van der Waals surface area contributed by atoms with Crippen molar-refractivity contribution in [3.63, 3.8) is 0 Å². The molecule has 27 heavy (non-hydrogen) atoms. The van der Waals surface area contributed by atoms with E-state index in [1.54, 1.807) is 12.1 Å². The van der Waals surface area contributed by atoms with Crippen LogP contribution in [-0.2, 0) is 0 Å². The highest BCUT2D eigenvalue weighted by Crippen LogP contribution is 2.28. The Bertz CT molecular complexity index is 1130. The molecule has 0 aliphatic carbocycles. The number of hydrogen-bond acceptors (Lipinski definition) is 4. The topological polar surface area (TPSA) is 79.9 Å². The molecule has 3 aromatic heterocycles. The number of carbonyl (C=O) groups excluding carboxylic acids is 1. The van der Waals surface area contributed by atoms with Crippen LogP contribution in [0.3, 0.4) is 0 Å². The molecular weight excluding hydrogens is 387 g/mol. The number of rotatable bonds is 4. The van der Waals surface area contributed by atoms with Gasteiger partial charge in [0.2, 0.25) is 5.88 Å². The van der Waals surface area contributed by atoms with Crippen LogP contribution in [0.2, 0.25) is 10.2 Å². The minimum absolute atomic E-state index is 0.0450. The molecule has 0 spiro atoms. The van der Waals surface area contributed by atoms with E-state index in [1.807, 2.05) is 30.5 Å². The predicted molar refractivity (Wildman–Crippen MR) is 105 cm³/mol. The number of nitrogens with zero attached hydrogens (tertiary/aromatic N) is 2. The van der Waals surface area contributed by atoms with E-state index in [0.717, 1.165) is 10.9 Å². The zero-order chi connectivity index (χ0) is 18.8. The number of aromatic amines is 1. The van der Waals surface area contributed by atoms with Crippen LogP contribution in [0.25, 0.3) is 10.9 Å². The monoisotopic (exact) mass is 398 g/mol. The van der Waals surface area contributed by atoms with Gasteiger partial charge in [0.25, 0.3) is 5.91 Å². The molecule has 0 saturated carbocycles. The smallest absolute Gasteiger partial charge is 0.275 e. The van der Waals surface area contributed by atoms with Crippen molar-refractivity contribution in [2.24, 2.45) is 0 Å². The molecule has 0 aliphatic heterocycles.